The first-order valence-electron chi connectivity index (χ1n) is 6.77. The topological polar surface area (TPSA) is 55.1 Å². The average molecular weight is 355 g/mol. The second-order valence-electron chi connectivity index (χ2n) is 4.70. The number of nitrogens with one attached hydrogen (secondary N) is 1. The molecule has 6 heteroatoms. The highest BCUT2D eigenvalue weighted by atomic mass is 35.5. The van der Waals surface area contributed by atoms with E-state index in [0.717, 1.165) is 4.90 Å². The van der Waals surface area contributed by atoms with Gasteiger partial charge in [0.15, 0.2) is 0 Å². The highest BCUT2D eigenvalue weighted by Crippen LogP contribution is 2.29. The lowest BCUT2D eigenvalue weighted by Gasteiger charge is -2.15. The van der Waals surface area contributed by atoms with E-state index < -0.39 is 0 Å². The number of hydrogen-bond acceptors (Lipinski definition) is 3. The Morgan fingerprint density at radius 3 is 2.55 bits per heavy atom. The van der Waals surface area contributed by atoms with Gasteiger partial charge >= 0.3 is 0 Å². The first-order valence-corrected chi connectivity index (χ1v) is 8.41. The summed E-state index contributed by atoms with van der Waals surface area (Å²) in [6, 6.07) is 12.4. The summed E-state index contributed by atoms with van der Waals surface area (Å²) in [5, 5.41) is 3.60. The van der Waals surface area contributed by atoms with E-state index in [-0.39, 0.29) is 11.2 Å². The molecular weight excluding hydrogens is 339 g/mol. The van der Waals surface area contributed by atoms with Crippen molar-refractivity contribution in [1.82, 2.24) is 0 Å². The lowest BCUT2D eigenvalue weighted by atomic mass is 10.2. The lowest BCUT2D eigenvalue weighted by Crippen LogP contribution is -2.24. The zero-order valence-electron chi connectivity index (χ0n) is 12.0. The molecule has 0 bridgehead atoms. The highest BCUT2D eigenvalue weighted by Gasteiger charge is 2.19. The molecule has 0 aliphatic rings. The van der Waals surface area contributed by atoms with E-state index in [1.165, 1.54) is 11.8 Å². The zero-order chi connectivity index (χ0) is 16.1. The molecule has 3 nitrogen and oxygen atoms in total. The molecule has 0 fully saturated rings. The van der Waals surface area contributed by atoms with Gasteiger partial charge in [-0.05, 0) is 48.9 Å². The number of anilines is 2. The van der Waals surface area contributed by atoms with Crippen molar-refractivity contribution in [1.29, 1.82) is 0 Å². The van der Waals surface area contributed by atoms with Crippen LogP contribution in [0.25, 0.3) is 0 Å². The molecule has 1 unspecified atom stereocenters. The maximum Gasteiger partial charge on any atom is 0.237 e. The highest BCUT2D eigenvalue weighted by molar-refractivity contribution is 8.00. The van der Waals surface area contributed by atoms with E-state index in [4.69, 9.17) is 28.9 Å². The van der Waals surface area contributed by atoms with Crippen molar-refractivity contribution < 1.29 is 4.79 Å². The third-order valence-electron chi connectivity index (χ3n) is 3.01. The third-order valence-corrected chi connectivity index (χ3v) is 4.95. The summed E-state index contributed by atoms with van der Waals surface area (Å²) in [5.41, 5.74) is 6.89. The Balaban J connectivity index is 2.08. The first-order chi connectivity index (χ1) is 10.5. The van der Waals surface area contributed by atoms with Gasteiger partial charge in [-0.15, -0.1) is 11.8 Å². The van der Waals surface area contributed by atoms with Crippen LogP contribution in [0.3, 0.4) is 0 Å². The predicted octanol–water partition coefficient (Wildman–Crippen LogP) is 5.09. The number of carbonyl (C=O) groups excluding carboxylic acids is 1. The molecule has 3 N–H and O–H groups in total. The Kier molecular flexibility index (Phi) is 6.00. The molecule has 2 aromatic rings. The Labute approximate surface area is 144 Å². The van der Waals surface area contributed by atoms with Crippen LogP contribution in [-0.4, -0.2) is 11.2 Å². The summed E-state index contributed by atoms with van der Waals surface area (Å²) in [7, 11) is 0. The number of hydrogen-bond donors (Lipinski definition) is 2. The minimum Gasteiger partial charge on any atom is -0.399 e. The van der Waals surface area contributed by atoms with Crippen molar-refractivity contribution in [2.45, 2.75) is 23.5 Å². The van der Waals surface area contributed by atoms with Gasteiger partial charge < -0.3 is 11.1 Å². The standard InChI is InChI=1S/C16H16Cl2N2OS/c1-2-15(22-12-6-4-11(19)5-7-12)16(21)20-14-9-10(17)3-8-13(14)18/h3-9,15H,2,19H2,1H3,(H,20,21). The first kappa shape index (κ1) is 17.0. The Hall–Kier alpha value is -1.36. The molecule has 116 valence electrons. The normalized spacial score (nSPS) is 12.0. The summed E-state index contributed by atoms with van der Waals surface area (Å²) in [6.45, 7) is 1.97. The fraction of sp³-hybridized carbons (Fsp3) is 0.188. The van der Waals surface area contributed by atoms with Gasteiger partial charge in [-0.2, -0.15) is 0 Å². The number of amides is 1. The summed E-state index contributed by atoms with van der Waals surface area (Å²) in [6.07, 6.45) is 0.694. The minimum atomic E-state index is -0.223. The molecule has 0 spiro atoms. The minimum absolute atomic E-state index is 0.103. The van der Waals surface area contributed by atoms with Crippen LogP contribution in [0.1, 0.15) is 13.3 Å². The Morgan fingerprint density at radius 2 is 1.91 bits per heavy atom. The van der Waals surface area contributed by atoms with E-state index >= 15 is 0 Å². The zero-order valence-corrected chi connectivity index (χ0v) is 14.3. The van der Waals surface area contributed by atoms with Crippen LogP contribution in [0.5, 0.6) is 0 Å². The van der Waals surface area contributed by atoms with Gasteiger partial charge in [0, 0.05) is 15.6 Å². The van der Waals surface area contributed by atoms with E-state index in [1.54, 1.807) is 18.2 Å². The van der Waals surface area contributed by atoms with Gasteiger partial charge in [-0.25, -0.2) is 0 Å². The quantitative estimate of drug-likeness (QED) is 0.581. The van der Waals surface area contributed by atoms with Crippen LogP contribution in [0.15, 0.2) is 47.4 Å². The molecule has 0 heterocycles. The monoisotopic (exact) mass is 354 g/mol. The van der Waals surface area contributed by atoms with Gasteiger partial charge in [0.05, 0.1) is 16.0 Å². The molecule has 0 saturated carbocycles. The fourth-order valence-corrected chi connectivity index (χ4v) is 3.13. The predicted molar refractivity (Wildman–Crippen MR) is 95.9 cm³/mol. The number of nitrogens with two attached hydrogens (primary N) is 1. The van der Waals surface area contributed by atoms with Gasteiger partial charge in [0.1, 0.15) is 0 Å². The van der Waals surface area contributed by atoms with Crippen molar-refractivity contribution in [3.05, 3.63) is 52.5 Å². The van der Waals surface area contributed by atoms with Crippen molar-refractivity contribution in [3.63, 3.8) is 0 Å². The molecule has 2 aromatic carbocycles. The lowest BCUT2D eigenvalue weighted by molar-refractivity contribution is -0.115. The molecule has 0 aromatic heterocycles. The number of nitrogen functional groups attached to an aromatic ring is 1. The van der Waals surface area contributed by atoms with Crippen molar-refractivity contribution in [2.24, 2.45) is 0 Å². The van der Waals surface area contributed by atoms with Crippen LogP contribution in [0.4, 0.5) is 11.4 Å². The number of rotatable bonds is 5. The average Bonchev–Trinajstić information content (AvgIpc) is 2.50. The van der Waals surface area contributed by atoms with Crippen LogP contribution in [0, 0.1) is 0 Å². The van der Waals surface area contributed by atoms with Crippen molar-refractivity contribution in [2.75, 3.05) is 11.1 Å². The molecule has 0 aliphatic carbocycles. The largest absolute Gasteiger partial charge is 0.399 e. The van der Waals surface area contributed by atoms with E-state index in [9.17, 15) is 4.79 Å². The molecule has 0 saturated heterocycles. The van der Waals surface area contributed by atoms with Crippen LogP contribution >= 0.6 is 35.0 Å². The molecule has 0 radical (unpaired) electrons. The summed E-state index contributed by atoms with van der Waals surface area (Å²) >= 11 is 13.5. The SMILES string of the molecule is CCC(Sc1ccc(N)cc1)C(=O)Nc1cc(Cl)ccc1Cl. The number of halogens is 2. The molecular formula is C16H16Cl2N2OS. The Bertz CT molecular complexity index is 662. The Morgan fingerprint density at radius 1 is 1.23 bits per heavy atom. The molecule has 22 heavy (non-hydrogen) atoms. The molecule has 2 rings (SSSR count). The number of carbonyl (C=O) groups is 1. The smallest absolute Gasteiger partial charge is 0.237 e. The third kappa shape index (κ3) is 4.57. The van der Waals surface area contributed by atoms with Crippen LogP contribution < -0.4 is 11.1 Å². The van der Waals surface area contributed by atoms with Gasteiger partial charge in [-0.1, -0.05) is 30.1 Å². The van der Waals surface area contributed by atoms with Gasteiger partial charge in [0.2, 0.25) is 5.91 Å². The maximum atomic E-state index is 12.4. The molecule has 0 aliphatic heterocycles. The molecule has 1 amide bonds. The van der Waals surface area contributed by atoms with Crippen molar-refractivity contribution in [3.8, 4) is 0 Å². The maximum absolute atomic E-state index is 12.4. The van der Waals surface area contributed by atoms with Gasteiger partial charge in [-0.3, -0.25) is 4.79 Å². The summed E-state index contributed by atoms with van der Waals surface area (Å²) < 4.78 is 0. The fourth-order valence-electron chi connectivity index (χ4n) is 1.84. The van der Waals surface area contributed by atoms with Crippen molar-refractivity contribution >= 4 is 52.2 Å². The van der Waals surface area contributed by atoms with Gasteiger partial charge in [0.25, 0.3) is 0 Å². The second-order valence-corrected chi connectivity index (χ2v) is 6.82. The second kappa shape index (κ2) is 7.77. The van der Waals surface area contributed by atoms with E-state index in [0.29, 0.717) is 27.8 Å². The number of thioether (sulfide) groups is 1. The van der Waals surface area contributed by atoms with Crippen LogP contribution in [0.2, 0.25) is 10.0 Å². The van der Waals surface area contributed by atoms with Crippen LogP contribution in [-0.2, 0) is 4.79 Å². The van der Waals surface area contributed by atoms with E-state index in [1.807, 2.05) is 31.2 Å². The van der Waals surface area contributed by atoms with E-state index in [2.05, 4.69) is 5.32 Å². The number of benzene rings is 2. The summed E-state index contributed by atoms with van der Waals surface area (Å²) in [4.78, 5) is 13.4. The molecule has 1 atom stereocenters. The summed E-state index contributed by atoms with van der Waals surface area (Å²) in [5.74, 6) is -0.103.